The van der Waals surface area contributed by atoms with Crippen LogP contribution in [0.3, 0.4) is 0 Å². The molecule has 1 fully saturated rings. The van der Waals surface area contributed by atoms with Gasteiger partial charge in [0.05, 0.1) is 46.3 Å². The van der Waals surface area contributed by atoms with Gasteiger partial charge in [0.15, 0.2) is 0 Å². The van der Waals surface area contributed by atoms with Gasteiger partial charge in [-0.05, 0) is 43.3 Å². The monoisotopic (exact) mass is 694 g/mol. The molecular formula is C37H32F2N6O4S. The van der Waals surface area contributed by atoms with Gasteiger partial charge in [-0.25, -0.2) is 27.2 Å². The van der Waals surface area contributed by atoms with Crippen molar-refractivity contribution in [3.8, 4) is 22.6 Å². The van der Waals surface area contributed by atoms with Crippen LogP contribution in [0.25, 0.3) is 61.0 Å². The number of pyridine rings is 1. The molecule has 1 aliphatic rings. The zero-order valence-corrected chi connectivity index (χ0v) is 28.5. The number of nitrogens with zero attached hydrogens (tertiary/aromatic N) is 5. The van der Waals surface area contributed by atoms with E-state index in [9.17, 15) is 17.6 Å². The minimum atomic E-state index is -3.76. The Labute approximate surface area is 286 Å². The number of sulfonamides is 1. The summed E-state index contributed by atoms with van der Waals surface area (Å²) in [5.74, 6) is 0.189. The smallest absolute Gasteiger partial charge is 0.255 e. The van der Waals surface area contributed by atoms with E-state index in [1.165, 1.54) is 20.2 Å². The van der Waals surface area contributed by atoms with Gasteiger partial charge in [0, 0.05) is 55.2 Å². The molecule has 1 aliphatic heterocycles. The second-order valence-electron chi connectivity index (χ2n) is 12.8. The Kier molecular flexibility index (Phi) is 7.39. The van der Waals surface area contributed by atoms with E-state index in [1.807, 2.05) is 40.5 Å². The molecule has 1 saturated heterocycles. The fourth-order valence-electron chi connectivity index (χ4n) is 6.69. The number of amides is 1. The Hall–Kier alpha value is -5.40. The molecule has 0 radical (unpaired) electrons. The lowest BCUT2D eigenvalue weighted by atomic mass is 10.00. The van der Waals surface area contributed by atoms with E-state index in [-0.39, 0.29) is 11.6 Å². The van der Waals surface area contributed by atoms with Gasteiger partial charge in [-0.1, -0.05) is 35.9 Å². The van der Waals surface area contributed by atoms with Crippen LogP contribution >= 0.6 is 0 Å². The van der Waals surface area contributed by atoms with Crippen molar-refractivity contribution in [2.24, 2.45) is 0 Å². The van der Waals surface area contributed by atoms with E-state index >= 15 is 4.39 Å². The number of anilines is 1. The first kappa shape index (κ1) is 31.8. The number of aryl methyl sites for hydroxylation is 1. The Morgan fingerprint density at radius 2 is 1.78 bits per heavy atom. The third-order valence-corrected chi connectivity index (χ3v) is 10.6. The molecule has 0 spiro atoms. The fraction of sp³-hybridized carbons (Fsp3) is 0.216. The number of carbonyl (C=O) groups excluding carboxylic acids is 1. The summed E-state index contributed by atoms with van der Waals surface area (Å²) in [5.41, 5.74) is 5.64. The predicted molar refractivity (Wildman–Crippen MR) is 190 cm³/mol. The fourth-order valence-corrected chi connectivity index (χ4v) is 7.20. The number of carbonyl (C=O) groups is 1. The molecule has 0 aliphatic carbocycles. The van der Waals surface area contributed by atoms with E-state index in [0.717, 1.165) is 16.1 Å². The number of rotatable bonds is 7. The van der Waals surface area contributed by atoms with Crippen molar-refractivity contribution in [1.82, 2.24) is 24.6 Å². The summed E-state index contributed by atoms with van der Waals surface area (Å²) < 4.78 is 64.1. The van der Waals surface area contributed by atoms with E-state index in [2.05, 4.69) is 5.32 Å². The zero-order chi connectivity index (χ0) is 35.1. The maximum atomic E-state index is 15.2. The molecule has 10 nitrogen and oxygen atoms in total. The van der Waals surface area contributed by atoms with Gasteiger partial charge in [0.2, 0.25) is 10.0 Å². The van der Waals surface area contributed by atoms with Gasteiger partial charge in [-0.2, -0.15) is 0 Å². The Bertz CT molecular complexity index is 2630. The third-order valence-electron chi connectivity index (χ3n) is 9.38. The first-order valence-corrected chi connectivity index (χ1v) is 17.9. The highest BCUT2D eigenvalue weighted by Gasteiger charge is 2.29. The summed E-state index contributed by atoms with van der Waals surface area (Å²) in [7, 11) is -0.783. The molecule has 50 heavy (non-hydrogen) atoms. The number of halogens is 2. The second kappa shape index (κ2) is 11.6. The number of alkyl halides is 1. The van der Waals surface area contributed by atoms with Crippen molar-refractivity contribution in [1.29, 1.82) is 0 Å². The summed E-state index contributed by atoms with van der Waals surface area (Å²) >= 11 is 0. The standard InChI is InChI=1S/C37H32F2N6O4S/c1-20-8-10-21(11-9-20)36-34(37(46)40-2)25-14-24(30(16-32(25)49-36)43(3)50(4,47)48)27-12-13-28-35(42-27)31-15-23-26(39)6-5-7-29(23)45(31)33(41-28)19-44-17-22(38)18-44/h5-16,22H,17-19H2,1-4H3,(H,40,46). The second-order valence-corrected chi connectivity index (χ2v) is 14.8. The normalized spacial score (nSPS) is 14.2. The molecule has 1 amide bonds. The van der Waals surface area contributed by atoms with Crippen molar-refractivity contribution in [3.05, 3.63) is 95.6 Å². The first-order chi connectivity index (χ1) is 23.9. The van der Waals surface area contributed by atoms with Crippen LogP contribution in [0, 0.1) is 12.7 Å². The number of benzene rings is 3. The largest absolute Gasteiger partial charge is 0.455 e. The van der Waals surface area contributed by atoms with E-state index in [0.29, 0.717) is 92.0 Å². The van der Waals surface area contributed by atoms with Gasteiger partial charge < -0.3 is 9.73 Å². The number of hydrogen-bond donors (Lipinski definition) is 1. The highest BCUT2D eigenvalue weighted by molar-refractivity contribution is 7.92. The number of fused-ring (bicyclic) bond motifs is 6. The predicted octanol–water partition coefficient (Wildman–Crippen LogP) is 6.47. The molecule has 0 bridgehead atoms. The Morgan fingerprint density at radius 1 is 1.02 bits per heavy atom. The number of aromatic nitrogens is 3. The average Bonchev–Trinajstić information content (AvgIpc) is 3.66. The van der Waals surface area contributed by atoms with Crippen molar-refractivity contribution in [2.45, 2.75) is 19.6 Å². The van der Waals surface area contributed by atoms with Crippen LogP contribution in [-0.4, -0.2) is 73.2 Å². The molecule has 1 N–H and O–H groups in total. The van der Waals surface area contributed by atoms with Crippen LogP contribution in [-0.2, 0) is 16.6 Å². The lowest BCUT2D eigenvalue weighted by Crippen LogP contribution is -2.47. The van der Waals surface area contributed by atoms with Crippen LogP contribution < -0.4 is 9.62 Å². The summed E-state index contributed by atoms with van der Waals surface area (Å²) in [6.45, 7) is 2.91. The molecule has 0 unspecified atom stereocenters. The molecular weight excluding hydrogens is 663 g/mol. The topological polar surface area (TPSA) is 113 Å². The first-order valence-electron chi connectivity index (χ1n) is 16.0. The van der Waals surface area contributed by atoms with Crippen LogP contribution in [0.15, 0.2) is 77.2 Å². The van der Waals surface area contributed by atoms with E-state index in [1.54, 1.807) is 42.5 Å². The van der Waals surface area contributed by atoms with E-state index < -0.39 is 22.0 Å². The minimum absolute atomic E-state index is 0.283. The lowest BCUT2D eigenvalue weighted by Gasteiger charge is -2.34. The molecule has 0 atom stereocenters. The van der Waals surface area contributed by atoms with Gasteiger partial charge in [-0.15, -0.1) is 0 Å². The highest BCUT2D eigenvalue weighted by atomic mass is 32.2. The number of nitrogens with one attached hydrogen (secondary N) is 1. The van der Waals surface area contributed by atoms with Crippen molar-refractivity contribution >= 4 is 60.0 Å². The molecule has 0 saturated carbocycles. The summed E-state index contributed by atoms with van der Waals surface area (Å²) in [6.07, 6.45) is 0.210. The van der Waals surface area contributed by atoms with Gasteiger partial charge in [0.25, 0.3) is 5.91 Å². The van der Waals surface area contributed by atoms with Crippen LogP contribution in [0.5, 0.6) is 0 Å². The van der Waals surface area contributed by atoms with Gasteiger partial charge >= 0.3 is 0 Å². The molecule has 5 heterocycles. The SMILES string of the molecule is CNC(=O)c1c(-c2ccc(C)cc2)oc2cc(N(C)S(C)(=O)=O)c(-c3ccc4nc(CN5CC(F)C5)n5c6cccc(F)c6cc5c4n3)cc12. The quantitative estimate of drug-likeness (QED) is 0.204. The summed E-state index contributed by atoms with van der Waals surface area (Å²) in [4.78, 5) is 25.3. The van der Waals surface area contributed by atoms with Crippen molar-refractivity contribution < 1.29 is 26.4 Å². The maximum absolute atomic E-state index is 15.2. The molecule has 3 aromatic carbocycles. The number of furan rings is 1. The molecule has 254 valence electrons. The van der Waals surface area contributed by atoms with Crippen molar-refractivity contribution in [2.75, 3.05) is 37.7 Å². The minimum Gasteiger partial charge on any atom is -0.455 e. The lowest BCUT2D eigenvalue weighted by molar-refractivity contribution is 0.0567. The number of likely N-dealkylation sites (tertiary alicyclic amines) is 1. The zero-order valence-electron chi connectivity index (χ0n) is 27.7. The molecule has 7 aromatic rings. The Balaban J connectivity index is 1.40. The molecule has 8 rings (SSSR count). The van der Waals surface area contributed by atoms with Gasteiger partial charge in [0.1, 0.15) is 34.7 Å². The molecule has 4 aromatic heterocycles. The highest BCUT2D eigenvalue weighted by Crippen LogP contribution is 2.41. The maximum Gasteiger partial charge on any atom is 0.255 e. The van der Waals surface area contributed by atoms with Crippen LogP contribution in [0.4, 0.5) is 14.5 Å². The van der Waals surface area contributed by atoms with Crippen molar-refractivity contribution in [3.63, 3.8) is 0 Å². The molecule has 13 heteroatoms. The summed E-state index contributed by atoms with van der Waals surface area (Å²) in [5, 5.41) is 3.56. The number of hydrogen-bond acceptors (Lipinski definition) is 7. The van der Waals surface area contributed by atoms with Crippen LogP contribution in [0.2, 0.25) is 0 Å². The van der Waals surface area contributed by atoms with Gasteiger partial charge in [-0.3, -0.25) is 18.4 Å². The third kappa shape index (κ3) is 5.15. The Morgan fingerprint density at radius 3 is 2.48 bits per heavy atom. The average molecular weight is 695 g/mol. The summed E-state index contributed by atoms with van der Waals surface area (Å²) in [6, 6.07) is 21.0. The van der Waals surface area contributed by atoms with E-state index in [4.69, 9.17) is 14.4 Å². The van der Waals surface area contributed by atoms with Crippen LogP contribution in [0.1, 0.15) is 21.7 Å².